The lowest BCUT2D eigenvalue weighted by Crippen LogP contribution is -2.41. The standard InChI is InChI=1S/C18H30N2O/c1-13-8-14(2)18(15(3)9-13)17(19)11-20-7-5-6-16(10-20)12-21-4/h8-9,16-17H,5-7,10-12,19H2,1-4H3. The highest BCUT2D eigenvalue weighted by Gasteiger charge is 2.22. The van der Waals surface area contributed by atoms with Gasteiger partial charge in [-0.15, -0.1) is 0 Å². The minimum atomic E-state index is 0.104. The number of rotatable bonds is 5. The number of ether oxygens (including phenoxy) is 1. The summed E-state index contributed by atoms with van der Waals surface area (Å²) in [5.41, 5.74) is 11.8. The van der Waals surface area contributed by atoms with Crippen molar-refractivity contribution in [3.8, 4) is 0 Å². The largest absolute Gasteiger partial charge is 0.384 e. The van der Waals surface area contributed by atoms with Crippen LogP contribution >= 0.6 is 0 Å². The molecule has 0 saturated carbocycles. The minimum absolute atomic E-state index is 0.104. The van der Waals surface area contributed by atoms with Crippen LogP contribution in [0.1, 0.15) is 41.1 Å². The van der Waals surface area contributed by atoms with Gasteiger partial charge < -0.3 is 15.4 Å². The number of aryl methyl sites for hydroxylation is 3. The zero-order valence-electron chi connectivity index (χ0n) is 14.0. The first-order valence-electron chi connectivity index (χ1n) is 8.06. The maximum absolute atomic E-state index is 6.52. The number of hydrogen-bond acceptors (Lipinski definition) is 3. The number of nitrogens with zero attached hydrogens (tertiary/aromatic N) is 1. The van der Waals surface area contributed by atoms with Gasteiger partial charge in [-0.25, -0.2) is 0 Å². The first kappa shape index (κ1) is 16.5. The molecule has 1 saturated heterocycles. The van der Waals surface area contributed by atoms with E-state index in [2.05, 4.69) is 37.8 Å². The van der Waals surface area contributed by atoms with Gasteiger partial charge in [0.2, 0.25) is 0 Å². The summed E-state index contributed by atoms with van der Waals surface area (Å²) in [7, 11) is 1.80. The molecule has 0 aliphatic carbocycles. The number of benzene rings is 1. The molecule has 1 aliphatic rings. The van der Waals surface area contributed by atoms with Gasteiger partial charge in [0.15, 0.2) is 0 Å². The maximum Gasteiger partial charge on any atom is 0.0502 e. The number of nitrogens with two attached hydrogens (primary N) is 1. The minimum Gasteiger partial charge on any atom is -0.384 e. The summed E-state index contributed by atoms with van der Waals surface area (Å²) >= 11 is 0. The molecular weight excluding hydrogens is 260 g/mol. The van der Waals surface area contributed by atoms with E-state index < -0.39 is 0 Å². The zero-order chi connectivity index (χ0) is 15.4. The van der Waals surface area contributed by atoms with Crippen LogP contribution in [0.4, 0.5) is 0 Å². The van der Waals surface area contributed by atoms with E-state index in [-0.39, 0.29) is 6.04 Å². The summed E-state index contributed by atoms with van der Waals surface area (Å²) in [6.07, 6.45) is 2.54. The third-order valence-corrected chi connectivity index (χ3v) is 4.57. The molecule has 2 N–H and O–H groups in total. The molecule has 0 amide bonds. The van der Waals surface area contributed by atoms with Crippen molar-refractivity contribution < 1.29 is 4.74 Å². The second kappa shape index (κ2) is 7.39. The van der Waals surface area contributed by atoms with Crippen molar-refractivity contribution in [2.24, 2.45) is 11.7 Å². The van der Waals surface area contributed by atoms with Crippen LogP contribution in [0.25, 0.3) is 0 Å². The molecule has 2 atom stereocenters. The van der Waals surface area contributed by atoms with Crippen molar-refractivity contribution in [1.82, 2.24) is 4.90 Å². The van der Waals surface area contributed by atoms with Crippen molar-refractivity contribution in [3.63, 3.8) is 0 Å². The summed E-state index contributed by atoms with van der Waals surface area (Å²) in [5, 5.41) is 0. The van der Waals surface area contributed by atoms with Crippen molar-refractivity contribution in [2.75, 3.05) is 33.4 Å². The molecule has 0 radical (unpaired) electrons. The van der Waals surface area contributed by atoms with Crippen LogP contribution in [-0.4, -0.2) is 38.3 Å². The zero-order valence-corrected chi connectivity index (χ0v) is 14.0. The number of hydrogen-bond donors (Lipinski definition) is 1. The van der Waals surface area contributed by atoms with E-state index in [9.17, 15) is 0 Å². The Morgan fingerprint density at radius 2 is 1.95 bits per heavy atom. The third kappa shape index (κ3) is 4.29. The van der Waals surface area contributed by atoms with E-state index in [1.807, 2.05) is 0 Å². The first-order chi connectivity index (χ1) is 10.0. The van der Waals surface area contributed by atoms with E-state index >= 15 is 0 Å². The molecule has 2 unspecified atom stereocenters. The number of piperidine rings is 1. The van der Waals surface area contributed by atoms with Crippen LogP contribution in [0.3, 0.4) is 0 Å². The second-order valence-electron chi connectivity index (χ2n) is 6.64. The smallest absolute Gasteiger partial charge is 0.0502 e. The Morgan fingerprint density at radius 1 is 1.29 bits per heavy atom. The van der Waals surface area contributed by atoms with Crippen molar-refractivity contribution >= 4 is 0 Å². The second-order valence-corrected chi connectivity index (χ2v) is 6.64. The van der Waals surface area contributed by atoms with E-state index in [0.29, 0.717) is 5.92 Å². The average Bonchev–Trinajstić information content (AvgIpc) is 2.38. The van der Waals surface area contributed by atoms with Crippen LogP contribution in [0.5, 0.6) is 0 Å². The molecule has 3 nitrogen and oxygen atoms in total. The van der Waals surface area contributed by atoms with Crippen LogP contribution in [-0.2, 0) is 4.74 Å². The molecule has 1 aliphatic heterocycles. The Balaban J connectivity index is 2.02. The summed E-state index contributed by atoms with van der Waals surface area (Å²) in [4.78, 5) is 2.51. The van der Waals surface area contributed by atoms with Crippen molar-refractivity contribution in [1.29, 1.82) is 0 Å². The van der Waals surface area contributed by atoms with Crippen LogP contribution < -0.4 is 5.73 Å². The Bertz CT molecular complexity index is 447. The molecule has 0 aromatic heterocycles. The summed E-state index contributed by atoms with van der Waals surface area (Å²) in [6.45, 7) is 10.6. The molecule has 3 heteroatoms. The fourth-order valence-electron chi connectivity index (χ4n) is 3.83. The molecule has 0 bridgehead atoms. The monoisotopic (exact) mass is 290 g/mol. The Kier molecular flexibility index (Phi) is 5.80. The molecule has 1 heterocycles. The highest BCUT2D eigenvalue weighted by atomic mass is 16.5. The predicted molar refractivity (Wildman–Crippen MR) is 88.6 cm³/mol. The number of methoxy groups -OCH3 is 1. The lowest BCUT2D eigenvalue weighted by atomic mass is 9.93. The lowest BCUT2D eigenvalue weighted by Gasteiger charge is -2.34. The highest BCUT2D eigenvalue weighted by Crippen LogP contribution is 2.25. The molecule has 118 valence electrons. The van der Waals surface area contributed by atoms with Crippen molar-refractivity contribution in [3.05, 3.63) is 34.4 Å². The predicted octanol–water partition coefficient (Wildman–Crippen LogP) is 2.97. The third-order valence-electron chi connectivity index (χ3n) is 4.57. The Hall–Kier alpha value is -0.900. The molecule has 2 rings (SSSR count). The number of likely N-dealkylation sites (tertiary alicyclic amines) is 1. The van der Waals surface area contributed by atoms with Gasteiger partial charge in [-0.05, 0) is 62.8 Å². The van der Waals surface area contributed by atoms with Gasteiger partial charge in [0.25, 0.3) is 0 Å². The highest BCUT2D eigenvalue weighted by molar-refractivity contribution is 5.39. The molecule has 0 spiro atoms. The summed E-state index contributed by atoms with van der Waals surface area (Å²) in [6, 6.07) is 4.59. The molecular formula is C18H30N2O. The lowest BCUT2D eigenvalue weighted by molar-refractivity contribution is 0.0878. The average molecular weight is 290 g/mol. The van der Waals surface area contributed by atoms with E-state index in [4.69, 9.17) is 10.5 Å². The first-order valence-corrected chi connectivity index (χ1v) is 8.06. The van der Waals surface area contributed by atoms with Gasteiger partial charge in [0, 0.05) is 26.2 Å². The van der Waals surface area contributed by atoms with E-state index in [0.717, 1.165) is 26.2 Å². The van der Waals surface area contributed by atoms with Gasteiger partial charge in [0.05, 0.1) is 6.61 Å². The Morgan fingerprint density at radius 3 is 2.57 bits per heavy atom. The summed E-state index contributed by atoms with van der Waals surface area (Å²) in [5.74, 6) is 0.663. The Labute approximate surface area is 129 Å². The van der Waals surface area contributed by atoms with Gasteiger partial charge >= 0.3 is 0 Å². The fourth-order valence-corrected chi connectivity index (χ4v) is 3.83. The van der Waals surface area contributed by atoms with Gasteiger partial charge in [0.1, 0.15) is 0 Å². The van der Waals surface area contributed by atoms with Crippen molar-refractivity contribution in [2.45, 2.75) is 39.7 Å². The molecule has 1 aromatic carbocycles. The maximum atomic E-state index is 6.52. The van der Waals surface area contributed by atoms with Crippen LogP contribution in [0.2, 0.25) is 0 Å². The molecule has 1 aromatic rings. The fraction of sp³-hybridized carbons (Fsp3) is 0.667. The molecule has 1 fully saturated rings. The van der Waals surface area contributed by atoms with Gasteiger partial charge in [-0.3, -0.25) is 0 Å². The van der Waals surface area contributed by atoms with Gasteiger partial charge in [-0.1, -0.05) is 17.7 Å². The normalized spacial score (nSPS) is 21.5. The van der Waals surface area contributed by atoms with Crippen LogP contribution in [0, 0.1) is 26.7 Å². The van der Waals surface area contributed by atoms with Gasteiger partial charge in [-0.2, -0.15) is 0 Å². The quantitative estimate of drug-likeness (QED) is 0.906. The van der Waals surface area contributed by atoms with E-state index in [1.54, 1.807) is 7.11 Å². The summed E-state index contributed by atoms with van der Waals surface area (Å²) < 4.78 is 5.31. The topological polar surface area (TPSA) is 38.5 Å². The van der Waals surface area contributed by atoms with E-state index in [1.165, 1.54) is 35.1 Å². The molecule has 21 heavy (non-hydrogen) atoms. The van der Waals surface area contributed by atoms with Crippen LogP contribution in [0.15, 0.2) is 12.1 Å². The SMILES string of the molecule is COCC1CCCN(CC(N)c2c(C)cc(C)cc2C)C1.